The molecule has 4 aromatic carbocycles. The van der Waals surface area contributed by atoms with Crippen LogP contribution in [0.5, 0.6) is 0 Å². The van der Waals surface area contributed by atoms with Gasteiger partial charge in [-0.15, -0.1) is 17.5 Å². The SMILES string of the molecule is Cc1[c-]c2c(cc1)-c1ccc(C)cc1C2.[C-]1=CC=CC1.[Cl-].[Cl-].[Zr+2]=[C](c1ccccc1)c1ccccc1. The van der Waals surface area contributed by atoms with Gasteiger partial charge < -0.3 is 24.8 Å². The number of hydrogen-bond acceptors (Lipinski definition) is 0. The predicted molar refractivity (Wildman–Crippen MR) is 141 cm³/mol. The molecular weight excluding hydrogens is 558 g/mol. The zero-order valence-electron chi connectivity index (χ0n) is 20.6. The molecule has 0 aromatic heterocycles. The van der Waals surface area contributed by atoms with Crippen molar-refractivity contribution < 1.29 is 49.0 Å². The summed E-state index contributed by atoms with van der Waals surface area (Å²) in [5, 5.41) is 0. The van der Waals surface area contributed by atoms with Crippen LogP contribution in [0.1, 0.15) is 39.8 Å². The molecule has 6 rings (SSSR count). The van der Waals surface area contributed by atoms with Crippen molar-refractivity contribution in [1.82, 2.24) is 0 Å². The monoisotopic (exact) mass is 584 g/mol. The molecule has 0 unspecified atom stereocenters. The molecule has 0 amide bonds. The maximum absolute atomic E-state index is 3.45. The van der Waals surface area contributed by atoms with Gasteiger partial charge in [0.2, 0.25) is 0 Å². The van der Waals surface area contributed by atoms with E-state index in [2.05, 4.69) is 123 Å². The Morgan fingerprint density at radius 3 is 1.89 bits per heavy atom. The third-order valence-electron chi connectivity index (χ3n) is 5.80. The van der Waals surface area contributed by atoms with Crippen molar-refractivity contribution in [1.29, 1.82) is 0 Å². The van der Waals surface area contributed by atoms with Gasteiger partial charge in [-0.2, -0.15) is 29.8 Å². The zero-order chi connectivity index (χ0) is 23.8. The Balaban J connectivity index is 0.000000204. The number of benzene rings is 4. The number of allylic oxidation sites excluding steroid dienone is 4. The standard InChI is InChI=1S/C15H13.C13H10.C5H5.2ClH.Zr/c1-10-3-5-14-12(7-10)9-13-8-11(2)4-6-15(13)14;1-3-7-12(8-4-1)11-13-9-5-2-6-10-13;1-2-4-5-3-1;;;/h3-7H,9H2,1-2H3;1-10H;1-3H,4H2;2*1H;/q-1;;-1;;;+2/p-2. The van der Waals surface area contributed by atoms with Crippen LogP contribution in [-0.4, -0.2) is 3.21 Å². The fourth-order valence-corrected chi connectivity index (χ4v) is 4.91. The Morgan fingerprint density at radius 1 is 0.750 bits per heavy atom. The van der Waals surface area contributed by atoms with Gasteiger partial charge in [0.05, 0.1) is 0 Å². The van der Waals surface area contributed by atoms with Gasteiger partial charge in [0.25, 0.3) is 0 Å². The maximum atomic E-state index is 3.45. The van der Waals surface area contributed by atoms with E-state index in [0.717, 1.165) is 12.8 Å². The second-order valence-corrected chi connectivity index (χ2v) is 9.71. The van der Waals surface area contributed by atoms with Crippen LogP contribution in [0.4, 0.5) is 0 Å². The molecule has 0 N–H and O–H groups in total. The first kappa shape index (κ1) is 29.9. The van der Waals surface area contributed by atoms with Crippen molar-refractivity contribution in [3.63, 3.8) is 0 Å². The fraction of sp³-hybridized carbons (Fsp3) is 0.121. The van der Waals surface area contributed by atoms with E-state index in [1.807, 2.05) is 12.2 Å². The summed E-state index contributed by atoms with van der Waals surface area (Å²) in [6.07, 6.45) is 11.0. The summed E-state index contributed by atoms with van der Waals surface area (Å²) in [6.45, 7) is 4.26. The topological polar surface area (TPSA) is 0 Å². The molecular formula is C33H28Cl2Zr-2. The third-order valence-corrected chi connectivity index (χ3v) is 7.22. The van der Waals surface area contributed by atoms with Gasteiger partial charge in [-0.25, -0.2) is 12.2 Å². The van der Waals surface area contributed by atoms with Gasteiger partial charge in [0.1, 0.15) is 0 Å². The van der Waals surface area contributed by atoms with Gasteiger partial charge >= 0.3 is 99.2 Å². The summed E-state index contributed by atoms with van der Waals surface area (Å²) in [6, 6.07) is 35.6. The van der Waals surface area contributed by atoms with Gasteiger partial charge in [-0.1, -0.05) is 36.2 Å². The minimum atomic E-state index is 0. The van der Waals surface area contributed by atoms with Crippen LogP contribution in [0.3, 0.4) is 0 Å². The Bertz CT molecular complexity index is 1220. The molecule has 2 aliphatic carbocycles. The second-order valence-electron chi connectivity index (χ2n) is 8.48. The first-order chi connectivity index (χ1) is 16.6. The molecule has 0 bridgehead atoms. The van der Waals surface area contributed by atoms with E-state index < -0.39 is 0 Å². The van der Waals surface area contributed by atoms with Crippen LogP contribution in [0, 0.1) is 26.0 Å². The van der Waals surface area contributed by atoms with Crippen LogP contribution >= 0.6 is 0 Å². The molecule has 0 aliphatic heterocycles. The molecule has 0 heterocycles. The van der Waals surface area contributed by atoms with Crippen molar-refractivity contribution in [2.75, 3.05) is 0 Å². The molecule has 0 atom stereocenters. The molecule has 180 valence electrons. The molecule has 3 heteroatoms. The fourth-order valence-electron chi connectivity index (χ4n) is 4.09. The molecule has 2 aliphatic rings. The first-order valence-electron chi connectivity index (χ1n) is 11.6. The summed E-state index contributed by atoms with van der Waals surface area (Å²) in [5.41, 5.74) is 10.8. The third kappa shape index (κ3) is 8.11. The molecule has 0 spiro atoms. The van der Waals surface area contributed by atoms with E-state index in [4.69, 9.17) is 0 Å². The van der Waals surface area contributed by atoms with Crippen LogP contribution in [0.15, 0.2) is 109 Å². The Hall–Kier alpha value is -2.31. The summed E-state index contributed by atoms with van der Waals surface area (Å²) in [5.74, 6) is 0. The average Bonchev–Trinajstić information content (AvgIpc) is 3.56. The number of aryl methyl sites for hydroxylation is 2. The summed E-state index contributed by atoms with van der Waals surface area (Å²) >= 11 is 1.46. The molecule has 36 heavy (non-hydrogen) atoms. The summed E-state index contributed by atoms with van der Waals surface area (Å²) in [4.78, 5) is 0. The number of rotatable bonds is 2. The number of hydrogen-bond donors (Lipinski definition) is 0. The van der Waals surface area contributed by atoms with Crippen molar-refractivity contribution in [3.8, 4) is 11.1 Å². The van der Waals surface area contributed by atoms with Gasteiger partial charge in [-0.05, 0) is 18.9 Å². The minimum absolute atomic E-state index is 0. The van der Waals surface area contributed by atoms with E-state index in [-0.39, 0.29) is 24.8 Å². The number of halogens is 2. The van der Waals surface area contributed by atoms with E-state index in [1.54, 1.807) is 0 Å². The molecule has 0 saturated heterocycles. The second kappa shape index (κ2) is 15.1. The molecule has 0 fully saturated rings. The van der Waals surface area contributed by atoms with E-state index in [1.165, 1.54) is 71.9 Å². The van der Waals surface area contributed by atoms with Crippen LogP contribution in [-0.2, 0) is 30.7 Å². The Morgan fingerprint density at radius 2 is 1.36 bits per heavy atom. The van der Waals surface area contributed by atoms with Crippen molar-refractivity contribution in [2.45, 2.75) is 26.7 Å². The van der Waals surface area contributed by atoms with Crippen molar-refractivity contribution >= 4 is 3.21 Å². The van der Waals surface area contributed by atoms with E-state index >= 15 is 0 Å². The zero-order valence-corrected chi connectivity index (χ0v) is 24.5. The first-order valence-corrected chi connectivity index (χ1v) is 12.9. The Kier molecular flexibility index (Phi) is 12.5. The van der Waals surface area contributed by atoms with Crippen molar-refractivity contribution in [2.24, 2.45) is 0 Å². The molecule has 0 radical (unpaired) electrons. The van der Waals surface area contributed by atoms with Gasteiger partial charge in [0.15, 0.2) is 0 Å². The van der Waals surface area contributed by atoms with Gasteiger partial charge in [-0.3, -0.25) is 6.08 Å². The summed E-state index contributed by atoms with van der Waals surface area (Å²) in [7, 11) is 0. The normalized spacial score (nSPS) is 11.4. The molecule has 0 saturated carbocycles. The molecule has 4 aromatic rings. The van der Waals surface area contributed by atoms with E-state index in [9.17, 15) is 0 Å². The van der Waals surface area contributed by atoms with E-state index in [0.29, 0.717) is 0 Å². The quantitative estimate of drug-likeness (QED) is 0.277. The van der Waals surface area contributed by atoms with Crippen LogP contribution in [0.2, 0.25) is 0 Å². The Labute approximate surface area is 243 Å². The van der Waals surface area contributed by atoms with Crippen LogP contribution < -0.4 is 24.8 Å². The van der Waals surface area contributed by atoms with Crippen molar-refractivity contribution in [3.05, 3.63) is 155 Å². The average molecular weight is 587 g/mol. The predicted octanol–water partition coefficient (Wildman–Crippen LogP) is 1.79. The number of fused-ring (bicyclic) bond motifs is 3. The van der Waals surface area contributed by atoms with Crippen LogP contribution in [0.25, 0.3) is 11.1 Å². The molecule has 0 nitrogen and oxygen atoms in total. The summed E-state index contributed by atoms with van der Waals surface area (Å²) < 4.78 is 1.42. The van der Waals surface area contributed by atoms with Gasteiger partial charge in [0, 0.05) is 0 Å².